The minimum absolute atomic E-state index is 0.122. The van der Waals surface area contributed by atoms with E-state index in [1.165, 1.54) is 6.07 Å². The Hall–Kier alpha value is -2.25. The number of hydrogen-bond acceptors (Lipinski definition) is 4. The van der Waals surface area contributed by atoms with Crippen LogP contribution in [0.2, 0.25) is 5.02 Å². The van der Waals surface area contributed by atoms with Crippen molar-refractivity contribution in [3.63, 3.8) is 0 Å². The largest absolute Gasteiger partial charge is 0.476 e. The summed E-state index contributed by atoms with van der Waals surface area (Å²) in [6.07, 6.45) is 0.112. The lowest BCUT2D eigenvalue weighted by Gasteiger charge is -2.34. The summed E-state index contributed by atoms with van der Waals surface area (Å²) in [4.78, 5) is 12.6. The maximum atomic E-state index is 12.6. The molecule has 1 aliphatic rings. The van der Waals surface area contributed by atoms with E-state index in [0.717, 1.165) is 21.7 Å². The monoisotopic (exact) mass is 394 g/mol. The van der Waals surface area contributed by atoms with Gasteiger partial charge in [0, 0.05) is 10.7 Å². The topological polar surface area (TPSA) is 75.7 Å². The van der Waals surface area contributed by atoms with E-state index in [0.29, 0.717) is 22.1 Å². The highest BCUT2D eigenvalue weighted by Gasteiger charge is 2.35. The lowest BCUT2D eigenvalue weighted by Crippen LogP contribution is -2.48. The van der Waals surface area contributed by atoms with Gasteiger partial charge in [-0.2, -0.15) is 0 Å². The van der Waals surface area contributed by atoms with Crippen LogP contribution >= 0.6 is 11.6 Å². The van der Waals surface area contributed by atoms with Gasteiger partial charge in [0.2, 0.25) is 10.0 Å². The second kappa shape index (κ2) is 6.81. The molecular formula is C18H19ClN2O4S. The number of aryl methyl sites for hydroxylation is 2. The first-order valence-corrected chi connectivity index (χ1v) is 10.2. The van der Waals surface area contributed by atoms with Gasteiger partial charge in [-0.3, -0.25) is 9.10 Å². The number of halogens is 1. The Bertz CT molecular complexity index is 975. The fourth-order valence-corrected chi connectivity index (χ4v) is 3.79. The first-order chi connectivity index (χ1) is 12.1. The van der Waals surface area contributed by atoms with Crippen molar-refractivity contribution in [1.29, 1.82) is 0 Å². The van der Waals surface area contributed by atoms with Gasteiger partial charge in [-0.15, -0.1) is 0 Å². The van der Waals surface area contributed by atoms with E-state index < -0.39 is 22.0 Å². The number of hydrogen-bond donors (Lipinski definition) is 1. The number of carbonyl (C=O) groups is 1. The molecule has 6 nitrogen and oxygen atoms in total. The van der Waals surface area contributed by atoms with Crippen LogP contribution in [0.4, 0.5) is 11.4 Å². The fourth-order valence-electron chi connectivity index (χ4n) is 2.72. The Balaban J connectivity index is 1.88. The second-order valence-corrected chi connectivity index (χ2v) is 8.64. The fraction of sp³-hybridized carbons (Fsp3) is 0.278. The number of benzene rings is 2. The van der Waals surface area contributed by atoms with Crippen LogP contribution in [0.5, 0.6) is 5.75 Å². The van der Waals surface area contributed by atoms with Crippen LogP contribution in [0.15, 0.2) is 36.4 Å². The van der Waals surface area contributed by atoms with E-state index in [1.54, 1.807) is 18.2 Å². The first kappa shape index (κ1) is 18.5. The Labute approximate surface area is 157 Å². The zero-order valence-corrected chi connectivity index (χ0v) is 16.2. The van der Waals surface area contributed by atoms with Crippen molar-refractivity contribution < 1.29 is 17.9 Å². The molecule has 1 aliphatic heterocycles. The number of carbonyl (C=O) groups excluding carboxylic acids is 1. The second-order valence-electron chi connectivity index (χ2n) is 6.30. The van der Waals surface area contributed by atoms with Crippen LogP contribution in [0.1, 0.15) is 11.1 Å². The molecule has 0 unspecified atom stereocenters. The molecule has 0 saturated heterocycles. The third-order valence-electron chi connectivity index (χ3n) is 4.26. The van der Waals surface area contributed by atoms with Gasteiger partial charge in [-0.05, 0) is 55.3 Å². The van der Waals surface area contributed by atoms with Crippen molar-refractivity contribution in [2.24, 2.45) is 0 Å². The number of sulfonamides is 1. The average Bonchev–Trinajstić information content (AvgIpc) is 2.56. The predicted octanol–water partition coefficient (Wildman–Crippen LogP) is 3.12. The number of fused-ring (bicyclic) bond motifs is 1. The number of ether oxygens (including phenoxy) is 1. The van der Waals surface area contributed by atoms with Crippen molar-refractivity contribution in [1.82, 2.24) is 0 Å². The van der Waals surface area contributed by atoms with Gasteiger partial charge in [-0.25, -0.2) is 8.42 Å². The number of nitrogens with one attached hydrogen (secondary N) is 1. The normalized spacial score (nSPS) is 16.6. The quantitative estimate of drug-likeness (QED) is 0.867. The van der Waals surface area contributed by atoms with Crippen LogP contribution in [0.25, 0.3) is 0 Å². The zero-order valence-electron chi connectivity index (χ0n) is 14.6. The van der Waals surface area contributed by atoms with Crippen molar-refractivity contribution >= 4 is 38.9 Å². The first-order valence-electron chi connectivity index (χ1n) is 7.97. The molecule has 2 aromatic rings. The standard InChI is InChI=1S/C18H19ClN2O4S/c1-11-4-6-14(8-12(11)2)20-18(22)17-10-21(26(3,23)24)15-9-13(19)5-7-16(15)25-17/h4-9,17H,10H2,1-3H3,(H,20,22)/t17-/m1/s1. The minimum Gasteiger partial charge on any atom is -0.476 e. The summed E-state index contributed by atoms with van der Waals surface area (Å²) >= 11 is 5.97. The van der Waals surface area contributed by atoms with Crippen molar-refractivity contribution in [2.75, 3.05) is 22.4 Å². The van der Waals surface area contributed by atoms with E-state index in [9.17, 15) is 13.2 Å². The van der Waals surface area contributed by atoms with E-state index >= 15 is 0 Å². The lowest BCUT2D eigenvalue weighted by molar-refractivity contribution is -0.122. The van der Waals surface area contributed by atoms with E-state index in [2.05, 4.69) is 5.32 Å². The predicted molar refractivity (Wildman–Crippen MR) is 103 cm³/mol. The molecule has 1 atom stereocenters. The Morgan fingerprint density at radius 3 is 2.58 bits per heavy atom. The summed E-state index contributed by atoms with van der Waals surface area (Å²) in [5.41, 5.74) is 3.13. The van der Waals surface area contributed by atoms with Gasteiger partial charge in [0.25, 0.3) is 5.91 Å². The van der Waals surface area contributed by atoms with Crippen LogP contribution in [0, 0.1) is 13.8 Å². The van der Waals surface area contributed by atoms with Gasteiger partial charge in [0.15, 0.2) is 6.10 Å². The minimum atomic E-state index is -3.59. The van der Waals surface area contributed by atoms with Gasteiger partial charge in [0.1, 0.15) is 5.75 Å². The Kier molecular flexibility index (Phi) is 4.86. The zero-order chi connectivity index (χ0) is 19.1. The van der Waals surface area contributed by atoms with Gasteiger partial charge in [-0.1, -0.05) is 17.7 Å². The Morgan fingerprint density at radius 2 is 1.92 bits per heavy atom. The highest BCUT2D eigenvalue weighted by molar-refractivity contribution is 7.92. The molecule has 0 bridgehead atoms. The molecule has 1 N–H and O–H groups in total. The van der Waals surface area contributed by atoms with E-state index in [1.807, 2.05) is 26.0 Å². The van der Waals surface area contributed by atoms with Gasteiger partial charge < -0.3 is 10.1 Å². The van der Waals surface area contributed by atoms with Crippen molar-refractivity contribution in [3.05, 3.63) is 52.5 Å². The summed E-state index contributed by atoms with van der Waals surface area (Å²) in [7, 11) is -3.59. The van der Waals surface area contributed by atoms with Gasteiger partial charge in [0.05, 0.1) is 18.5 Å². The summed E-state index contributed by atoms with van der Waals surface area (Å²) < 4.78 is 31.2. The molecule has 2 aromatic carbocycles. The summed E-state index contributed by atoms with van der Waals surface area (Å²) in [6, 6.07) is 10.2. The molecule has 3 rings (SSSR count). The van der Waals surface area contributed by atoms with Crippen molar-refractivity contribution in [3.8, 4) is 5.75 Å². The number of rotatable bonds is 3. The third-order valence-corrected chi connectivity index (χ3v) is 5.64. The molecular weight excluding hydrogens is 376 g/mol. The smallest absolute Gasteiger partial charge is 0.267 e. The maximum Gasteiger partial charge on any atom is 0.267 e. The summed E-state index contributed by atoms with van der Waals surface area (Å²) in [6.45, 7) is 3.81. The number of nitrogens with zero attached hydrogens (tertiary/aromatic N) is 1. The molecule has 0 saturated carbocycles. The molecule has 0 spiro atoms. The van der Waals surface area contributed by atoms with Crippen LogP contribution in [0.3, 0.4) is 0 Å². The molecule has 26 heavy (non-hydrogen) atoms. The van der Waals surface area contributed by atoms with Crippen LogP contribution in [-0.4, -0.2) is 33.2 Å². The van der Waals surface area contributed by atoms with E-state index in [4.69, 9.17) is 16.3 Å². The highest BCUT2D eigenvalue weighted by atomic mass is 35.5. The molecule has 0 fully saturated rings. The average molecular weight is 395 g/mol. The van der Waals surface area contributed by atoms with Crippen LogP contribution in [-0.2, 0) is 14.8 Å². The third kappa shape index (κ3) is 3.78. The molecule has 1 heterocycles. The molecule has 1 amide bonds. The molecule has 138 valence electrons. The lowest BCUT2D eigenvalue weighted by atomic mass is 10.1. The SMILES string of the molecule is Cc1ccc(NC(=O)[C@H]2CN(S(C)(=O)=O)c3cc(Cl)ccc3O2)cc1C. The number of amides is 1. The molecule has 0 aliphatic carbocycles. The molecule has 0 radical (unpaired) electrons. The maximum absolute atomic E-state index is 12.6. The summed E-state index contributed by atoms with van der Waals surface area (Å²) in [5.74, 6) is -0.117. The van der Waals surface area contributed by atoms with Crippen molar-refractivity contribution in [2.45, 2.75) is 20.0 Å². The summed E-state index contributed by atoms with van der Waals surface area (Å²) in [5, 5.41) is 3.17. The van der Waals surface area contributed by atoms with Gasteiger partial charge >= 0.3 is 0 Å². The van der Waals surface area contributed by atoms with E-state index in [-0.39, 0.29) is 6.54 Å². The number of anilines is 2. The Morgan fingerprint density at radius 1 is 1.19 bits per heavy atom. The van der Waals surface area contributed by atoms with Crippen LogP contribution < -0.4 is 14.4 Å². The highest BCUT2D eigenvalue weighted by Crippen LogP contribution is 2.37. The molecule has 8 heteroatoms. The molecule has 0 aromatic heterocycles.